The summed E-state index contributed by atoms with van der Waals surface area (Å²) in [5.74, 6) is -0.333. The van der Waals surface area contributed by atoms with Crippen molar-refractivity contribution in [3.8, 4) is 5.75 Å². The van der Waals surface area contributed by atoms with Crippen molar-refractivity contribution < 1.29 is 43.4 Å². The van der Waals surface area contributed by atoms with Crippen molar-refractivity contribution in [2.75, 3.05) is 7.11 Å². The number of benzene rings is 3. The number of methoxy groups -OCH3 is 1. The fourth-order valence-electron chi connectivity index (χ4n) is 1.94. The number of esters is 2. The maximum atomic E-state index is 11.7. The first kappa shape index (κ1) is 23.6. The second-order valence-electron chi connectivity index (χ2n) is 5.15. The number of hydrogen-bond donors (Lipinski definition) is 0. The average molecular weight is 435 g/mol. The van der Waals surface area contributed by atoms with Crippen LogP contribution in [0, 0.1) is 12.1 Å². The topological polar surface area (TPSA) is 86.7 Å². The van der Waals surface area contributed by atoms with Crippen molar-refractivity contribution in [1.82, 2.24) is 0 Å². The first-order chi connectivity index (χ1) is 14.1. The molecule has 7 heteroatoms. The Morgan fingerprint density at radius 3 is 1.66 bits per heavy atom. The normalized spacial score (nSPS) is 8.90. The van der Waals surface area contributed by atoms with Crippen molar-refractivity contribution in [1.29, 1.82) is 0 Å². The molecule has 3 aromatic carbocycles. The van der Waals surface area contributed by atoms with Gasteiger partial charge in [0, 0.05) is 5.56 Å². The Morgan fingerprint density at radius 1 is 0.793 bits per heavy atom. The monoisotopic (exact) mass is 435 g/mol. The Kier molecular flexibility index (Phi) is 11.2. The molecule has 0 fully saturated rings. The van der Waals surface area contributed by atoms with Crippen LogP contribution in [-0.2, 0) is 24.3 Å². The van der Waals surface area contributed by atoms with Crippen molar-refractivity contribution in [2.45, 2.75) is 0 Å². The molecule has 0 saturated heterocycles. The van der Waals surface area contributed by atoms with Crippen LogP contribution in [0.5, 0.6) is 5.75 Å². The molecule has 3 rings (SSSR count). The first-order valence-electron chi connectivity index (χ1n) is 8.05. The van der Waals surface area contributed by atoms with Crippen LogP contribution in [0.25, 0.3) is 0 Å². The maximum absolute atomic E-state index is 11.7. The summed E-state index contributed by atoms with van der Waals surface area (Å²) in [7, 11) is 1.36. The Labute approximate surface area is 176 Å². The average Bonchev–Trinajstić information content (AvgIpc) is 2.82. The molecule has 0 aromatic heterocycles. The molecular weight excluding hydrogens is 419 g/mol. The van der Waals surface area contributed by atoms with E-state index in [0.29, 0.717) is 22.4 Å². The molecule has 0 amide bonds. The van der Waals surface area contributed by atoms with Gasteiger partial charge in [0.15, 0.2) is 0 Å². The van der Waals surface area contributed by atoms with Gasteiger partial charge in [-0.15, -0.1) is 0 Å². The van der Waals surface area contributed by atoms with Gasteiger partial charge in [-0.2, -0.15) is 60.7 Å². The van der Waals surface area contributed by atoms with E-state index in [9.17, 15) is 14.4 Å². The molecule has 0 aliphatic rings. The van der Waals surface area contributed by atoms with Gasteiger partial charge < -0.3 is 9.47 Å². The zero-order chi connectivity index (χ0) is 21.5. The molecule has 0 saturated carbocycles. The van der Waals surface area contributed by atoms with Gasteiger partial charge in [0.25, 0.3) is 0 Å². The molecule has 0 radical (unpaired) electrons. The van der Waals surface area contributed by atoms with E-state index in [0.717, 1.165) is 6.29 Å². The summed E-state index contributed by atoms with van der Waals surface area (Å²) in [4.78, 5) is 32.9. The van der Waals surface area contributed by atoms with Gasteiger partial charge >= 0.3 is 31.5 Å². The van der Waals surface area contributed by atoms with Crippen LogP contribution in [0.1, 0.15) is 31.1 Å². The van der Waals surface area contributed by atoms with E-state index in [1.54, 1.807) is 72.8 Å². The molecular formula is C22H16CoO6-2. The summed E-state index contributed by atoms with van der Waals surface area (Å²) in [5, 5.41) is 0. The van der Waals surface area contributed by atoms with Crippen molar-refractivity contribution in [3.63, 3.8) is 0 Å². The fourth-order valence-corrected chi connectivity index (χ4v) is 1.94. The first-order valence-corrected chi connectivity index (χ1v) is 8.48. The molecule has 0 spiro atoms. The third kappa shape index (κ3) is 8.42. The van der Waals surface area contributed by atoms with E-state index in [2.05, 4.69) is 32.5 Å². The number of carbonyl (C=O) groups excluding carboxylic acids is 3. The van der Waals surface area contributed by atoms with Crippen LogP contribution >= 0.6 is 0 Å². The Hall–Kier alpha value is -3.42. The van der Waals surface area contributed by atoms with Crippen molar-refractivity contribution >= 4 is 18.2 Å². The summed E-state index contributed by atoms with van der Waals surface area (Å²) in [6, 6.07) is 25.2. The Balaban J connectivity index is 0.000000299. The molecule has 0 bridgehead atoms. The van der Waals surface area contributed by atoms with Crippen LogP contribution < -0.4 is 4.74 Å². The van der Waals surface area contributed by atoms with Crippen LogP contribution in [0.3, 0.4) is 0 Å². The minimum atomic E-state index is -0.433. The molecule has 0 unspecified atom stereocenters. The Morgan fingerprint density at radius 2 is 1.24 bits per heavy atom. The molecule has 0 atom stereocenters. The van der Waals surface area contributed by atoms with E-state index in [4.69, 9.17) is 8.60 Å². The van der Waals surface area contributed by atoms with E-state index in [1.807, 2.05) is 0 Å². The van der Waals surface area contributed by atoms with Crippen LogP contribution in [-0.4, -0.2) is 25.3 Å². The summed E-state index contributed by atoms with van der Waals surface area (Å²) in [6.45, 7) is 0. The van der Waals surface area contributed by atoms with Crippen LogP contribution in [0.15, 0.2) is 72.8 Å². The third-order valence-electron chi connectivity index (χ3n) is 3.32. The summed E-state index contributed by atoms with van der Waals surface area (Å²) in [5.41, 5.74) is 1.56. The number of carbonyl (C=O) groups is 3. The summed E-state index contributed by atoms with van der Waals surface area (Å²) in [6.07, 6.45) is 0.735. The number of rotatable bonds is 4. The number of hydrogen-bond acceptors (Lipinski definition) is 6. The third-order valence-corrected chi connectivity index (χ3v) is 3.32. The predicted molar refractivity (Wildman–Crippen MR) is 99.4 cm³/mol. The number of ether oxygens (including phenoxy) is 2. The predicted octanol–water partition coefficient (Wildman–Crippen LogP) is 3.67. The molecule has 3 aromatic rings. The number of aldehydes is 1. The van der Waals surface area contributed by atoms with E-state index >= 15 is 0 Å². The van der Waals surface area contributed by atoms with Gasteiger partial charge in [0.05, 0.1) is 7.11 Å². The standard InChI is InChI=1S/C14H9O3.C8H7O2.Co.O/c15-10-11-6-8-13(9-7-11)17-14(16)12-4-2-1-3-5-12;1-10-8(9)7-5-3-2-4-6-7;;/h2-10H;3-6H,1H3;;/q2*-1;;. The molecule has 6 nitrogen and oxygen atoms in total. The van der Waals surface area contributed by atoms with Crippen molar-refractivity contribution in [2.24, 2.45) is 0 Å². The second kappa shape index (κ2) is 13.7. The van der Waals surface area contributed by atoms with Crippen LogP contribution in [0.2, 0.25) is 0 Å². The summed E-state index contributed by atoms with van der Waals surface area (Å²) >= 11 is 2.31. The molecule has 0 heterocycles. The minimum absolute atomic E-state index is 0.311. The van der Waals surface area contributed by atoms with Gasteiger partial charge in [-0.3, -0.25) is 4.79 Å². The summed E-state index contributed by atoms with van der Waals surface area (Å²) < 4.78 is 17.6. The zero-order valence-corrected chi connectivity index (χ0v) is 16.3. The van der Waals surface area contributed by atoms with E-state index in [-0.39, 0.29) is 5.97 Å². The zero-order valence-electron chi connectivity index (χ0n) is 15.3. The van der Waals surface area contributed by atoms with Gasteiger partial charge in [-0.05, 0) is 35.4 Å². The van der Waals surface area contributed by atoms with E-state index < -0.39 is 5.97 Å². The molecule has 0 N–H and O–H groups in total. The molecule has 151 valence electrons. The second-order valence-corrected chi connectivity index (χ2v) is 5.15. The SMILES string of the molecule is COC(=O)c1cc[c-]cc1.O=Cc1ccc(OC(=O)c2cc[c-]cc2)cc1.[O]=[Co]. The van der Waals surface area contributed by atoms with Gasteiger partial charge in [-0.1, -0.05) is 0 Å². The van der Waals surface area contributed by atoms with Gasteiger partial charge in [-0.25, -0.2) is 9.59 Å². The molecule has 0 aliphatic heterocycles. The Bertz CT molecular complexity index is 896. The van der Waals surface area contributed by atoms with Gasteiger partial charge in [0.2, 0.25) is 0 Å². The molecule has 0 aliphatic carbocycles. The van der Waals surface area contributed by atoms with E-state index in [1.165, 1.54) is 7.11 Å². The fraction of sp³-hybridized carbons (Fsp3) is 0.0455. The van der Waals surface area contributed by atoms with Crippen molar-refractivity contribution in [3.05, 3.63) is 102 Å². The van der Waals surface area contributed by atoms with Gasteiger partial charge in [0.1, 0.15) is 12.0 Å². The quantitative estimate of drug-likeness (QED) is 0.269. The van der Waals surface area contributed by atoms with Crippen LogP contribution in [0.4, 0.5) is 0 Å². The molecule has 29 heavy (non-hydrogen) atoms.